The van der Waals surface area contributed by atoms with E-state index in [0.717, 1.165) is 34.7 Å². The van der Waals surface area contributed by atoms with Gasteiger partial charge in [0.05, 0.1) is 11.4 Å². The molecule has 0 aliphatic carbocycles. The Morgan fingerprint density at radius 2 is 1.79 bits per heavy atom. The predicted octanol–water partition coefficient (Wildman–Crippen LogP) is 6.19. The summed E-state index contributed by atoms with van der Waals surface area (Å²) in [5.74, 6) is 1.25. The Morgan fingerprint density at radius 1 is 1.03 bits per heavy atom. The third-order valence-corrected chi connectivity index (χ3v) is 6.96. The van der Waals surface area contributed by atoms with Crippen LogP contribution in [0.4, 0.5) is 5.69 Å². The number of hydrogen-bond donors (Lipinski definition) is 1. The summed E-state index contributed by atoms with van der Waals surface area (Å²) in [6, 6.07) is 18.1. The summed E-state index contributed by atoms with van der Waals surface area (Å²) >= 11 is 1.38. The van der Waals surface area contributed by atoms with Gasteiger partial charge in [-0.1, -0.05) is 49.9 Å². The molecule has 2 aromatic carbocycles. The number of nitrogens with zero attached hydrogens (tertiary/aromatic N) is 4. The molecule has 0 unspecified atom stereocenters. The van der Waals surface area contributed by atoms with Crippen molar-refractivity contribution in [1.82, 2.24) is 19.7 Å². The van der Waals surface area contributed by atoms with Crippen LogP contribution in [-0.2, 0) is 4.79 Å². The number of rotatable bonds is 8. The van der Waals surface area contributed by atoms with Crippen LogP contribution < -0.4 is 5.32 Å². The number of aryl methyl sites for hydroxylation is 2. The van der Waals surface area contributed by atoms with Crippen molar-refractivity contribution in [2.75, 3.05) is 11.1 Å². The smallest absolute Gasteiger partial charge is 0.234 e. The van der Waals surface area contributed by atoms with E-state index in [1.165, 1.54) is 22.9 Å². The standard InChI is InChI=1S/C27H29N5OS/c1-5-18(2)23-8-6-7-9-24(23)29-25(33)17-34-27-31-30-26(21-12-14-28-15-13-21)32(27)22-11-10-19(3)20(4)16-22/h6-16,18H,5,17H2,1-4H3,(H,29,33)/t18-/m0/s1. The second-order valence-corrected chi connectivity index (χ2v) is 9.32. The van der Waals surface area contributed by atoms with Gasteiger partial charge in [-0.05, 0) is 73.2 Å². The predicted molar refractivity (Wildman–Crippen MR) is 139 cm³/mol. The largest absolute Gasteiger partial charge is 0.325 e. The van der Waals surface area contributed by atoms with E-state index in [9.17, 15) is 4.79 Å². The number of amides is 1. The van der Waals surface area contributed by atoms with Crippen molar-refractivity contribution in [2.24, 2.45) is 0 Å². The number of pyridine rings is 1. The van der Waals surface area contributed by atoms with Crippen molar-refractivity contribution in [3.8, 4) is 17.1 Å². The van der Waals surface area contributed by atoms with E-state index in [2.05, 4.69) is 72.5 Å². The molecule has 1 amide bonds. The fraction of sp³-hybridized carbons (Fsp3) is 0.259. The van der Waals surface area contributed by atoms with Gasteiger partial charge in [0.15, 0.2) is 11.0 Å². The number of carbonyl (C=O) groups is 1. The lowest BCUT2D eigenvalue weighted by molar-refractivity contribution is -0.113. The van der Waals surface area contributed by atoms with Crippen molar-refractivity contribution < 1.29 is 4.79 Å². The quantitative estimate of drug-likeness (QED) is 0.310. The van der Waals surface area contributed by atoms with Crippen LogP contribution in [-0.4, -0.2) is 31.4 Å². The van der Waals surface area contributed by atoms with E-state index in [0.29, 0.717) is 11.1 Å². The molecule has 0 aliphatic rings. The van der Waals surface area contributed by atoms with Crippen molar-refractivity contribution in [3.63, 3.8) is 0 Å². The van der Waals surface area contributed by atoms with E-state index in [4.69, 9.17) is 0 Å². The average Bonchev–Trinajstić information content (AvgIpc) is 3.29. The zero-order valence-electron chi connectivity index (χ0n) is 19.9. The fourth-order valence-corrected chi connectivity index (χ4v) is 4.48. The fourth-order valence-electron chi connectivity index (χ4n) is 3.73. The minimum Gasteiger partial charge on any atom is -0.325 e. The van der Waals surface area contributed by atoms with Gasteiger partial charge >= 0.3 is 0 Å². The summed E-state index contributed by atoms with van der Waals surface area (Å²) in [5.41, 5.74) is 6.31. The molecule has 34 heavy (non-hydrogen) atoms. The summed E-state index contributed by atoms with van der Waals surface area (Å²) in [6.45, 7) is 8.50. The van der Waals surface area contributed by atoms with Crippen molar-refractivity contribution in [3.05, 3.63) is 83.7 Å². The van der Waals surface area contributed by atoms with E-state index in [1.54, 1.807) is 12.4 Å². The molecule has 2 heterocycles. The number of benzene rings is 2. The Labute approximate surface area is 204 Å². The van der Waals surface area contributed by atoms with Gasteiger partial charge in [-0.3, -0.25) is 14.3 Å². The molecule has 0 saturated carbocycles. The van der Waals surface area contributed by atoms with Crippen LogP contribution in [0.1, 0.15) is 42.9 Å². The van der Waals surface area contributed by atoms with Gasteiger partial charge in [0.2, 0.25) is 5.91 Å². The lowest BCUT2D eigenvalue weighted by Gasteiger charge is -2.15. The second-order valence-electron chi connectivity index (χ2n) is 8.38. The number of nitrogens with one attached hydrogen (secondary N) is 1. The van der Waals surface area contributed by atoms with Crippen LogP contribution >= 0.6 is 11.8 Å². The van der Waals surface area contributed by atoms with Crippen LogP contribution in [0.15, 0.2) is 72.1 Å². The van der Waals surface area contributed by atoms with Gasteiger partial charge in [0.25, 0.3) is 0 Å². The zero-order chi connectivity index (χ0) is 24.1. The minimum atomic E-state index is -0.0687. The molecule has 2 aromatic heterocycles. The molecule has 0 radical (unpaired) electrons. The third-order valence-electron chi connectivity index (χ3n) is 6.03. The van der Waals surface area contributed by atoms with Crippen molar-refractivity contribution >= 4 is 23.4 Å². The molecule has 4 aromatic rings. The highest BCUT2D eigenvalue weighted by Gasteiger charge is 2.18. The first-order valence-electron chi connectivity index (χ1n) is 11.4. The first-order valence-corrected chi connectivity index (χ1v) is 12.4. The van der Waals surface area contributed by atoms with E-state index in [1.807, 2.05) is 34.9 Å². The number of aromatic nitrogens is 4. The number of carbonyl (C=O) groups excluding carboxylic acids is 1. The summed E-state index contributed by atoms with van der Waals surface area (Å²) in [6.07, 6.45) is 4.49. The third kappa shape index (κ3) is 5.20. The van der Waals surface area contributed by atoms with E-state index in [-0.39, 0.29) is 11.7 Å². The Balaban J connectivity index is 1.60. The van der Waals surface area contributed by atoms with Crippen LogP contribution in [0.25, 0.3) is 17.1 Å². The van der Waals surface area contributed by atoms with Crippen LogP contribution in [0.5, 0.6) is 0 Å². The molecular weight excluding hydrogens is 442 g/mol. The highest BCUT2D eigenvalue weighted by molar-refractivity contribution is 7.99. The molecule has 7 heteroatoms. The van der Waals surface area contributed by atoms with Gasteiger partial charge < -0.3 is 5.32 Å². The van der Waals surface area contributed by atoms with Crippen LogP contribution in [0.3, 0.4) is 0 Å². The molecule has 0 saturated heterocycles. The maximum absolute atomic E-state index is 12.9. The summed E-state index contributed by atoms with van der Waals surface area (Å²) < 4.78 is 2.01. The van der Waals surface area contributed by atoms with Gasteiger partial charge in [-0.2, -0.15) is 0 Å². The van der Waals surface area contributed by atoms with Gasteiger partial charge in [0, 0.05) is 23.6 Å². The monoisotopic (exact) mass is 471 g/mol. The van der Waals surface area contributed by atoms with Crippen LogP contribution in [0.2, 0.25) is 0 Å². The van der Waals surface area contributed by atoms with Crippen LogP contribution in [0, 0.1) is 13.8 Å². The lowest BCUT2D eigenvalue weighted by Crippen LogP contribution is -2.16. The Morgan fingerprint density at radius 3 is 2.53 bits per heavy atom. The molecule has 0 aliphatic heterocycles. The number of para-hydroxylation sites is 1. The number of anilines is 1. The Bertz CT molecular complexity index is 1290. The maximum atomic E-state index is 12.9. The average molecular weight is 472 g/mol. The highest BCUT2D eigenvalue weighted by Crippen LogP contribution is 2.30. The molecule has 174 valence electrons. The number of hydrogen-bond acceptors (Lipinski definition) is 5. The Hall–Kier alpha value is -3.45. The Kier molecular flexibility index (Phi) is 7.43. The molecule has 0 spiro atoms. The molecule has 6 nitrogen and oxygen atoms in total. The van der Waals surface area contributed by atoms with E-state index < -0.39 is 0 Å². The molecule has 4 rings (SSSR count). The molecular formula is C27H29N5OS. The molecule has 1 atom stereocenters. The maximum Gasteiger partial charge on any atom is 0.234 e. The highest BCUT2D eigenvalue weighted by atomic mass is 32.2. The first-order chi connectivity index (χ1) is 16.5. The van der Waals surface area contributed by atoms with Crippen molar-refractivity contribution in [1.29, 1.82) is 0 Å². The minimum absolute atomic E-state index is 0.0687. The molecule has 1 N–H and O–H groups in total. The second kappa shape index (κ2) is 10.7. The van der Waals surface area contributed by atoms with Gasteiger partial charge in [0.1, 0.15) is 0 Å². The summed E-state index contributed by atoms with van der Waals surface area (Å²) in [5, 5.41) is 12.6. The SMILES string of the molecule is CC[C@H](C)c1ccccc1NC(=O)CSc1nnc(-c2ccncc2)n1-c1ccc(C)c(C)c1. The number of thioether (sulfide) groups is 1. The van der Waals surface area contributed by atoms with Crippen molar-refractivity contribution in [2.45, 2.75) is 45.2 Å². The first kappa shape index (κ1) is 23.7. The molecule has 0 bridgehead atoms. The van der Waals surface area contributed by atoms with E-state index >= 15 is 0 Å². The summed E-state index contributed by atoms with van der Waals surface area (Å²) in [4.78, 5) is 17.0. The zero-order valence-corrected chi connectivity index (χ0v) is 20.8. The lowest BCUT2D eigenvalue weighted by atomic mass is 9.97. The van der Waals surface area contributed by atoms with Gasteiger partial charge in [-0.25, -0.2) is 0 Å². The summed E-state index contributed by atoms with van der Waals surface area (Å²) in [7, 11) is 0. The molecule has 0 fully saturated rings. The topological polar surface area (TPSA) is 72.7 Å². The van der Waals surface area contributed by atoms with Gasteiger partial charge in [-0.15, -0.1) is 10.2 Å². The normalized spacial score (nSPS) is 11.9.